The van der Waals surface area contributed by atoms with Gasteiger partial charge in [-0.15, -0.1) is 0 Å². The van der Waals surface area contributed by atoms with Gasteiger partial charge in [-0.3, -0.25) is 0 Å². The summed E-state index contributed by atoms with van der Waals surface area (Å²) in [5.74, 6) is 1.17. The summed E-state index contributed by atoms with van der Waals surface area (Å²) in [6, 6.07) is 13.2. The van der Waals surface area contributed by atoms with Crippen LogP contribution >= 0.6 is 15.9 Å². The first kappa shape index (κ1) is 22.8. The molecule has 9 heteroatoms. The molecule has 4 rings (SSSR count). The predicted molar refractivity (Wildman–Crippen MR) is 126 cm³/mol. The molecule has 6 nitrogen and oxygen atoms in total. The lowest BCUT2D eigenvalue weighted by Gasteiger charge is -2.36. The molecule has 1 saturated heterocycles. The van der Waals surface area contributed by atoms with Crippen molar-refractivity contribution in [3.63, 3.8) is 0 Å². The highest BCUT2D eigenvalue weighted by Crippen LogP contribution is 2.27. The van der Waals surface area contributed by atoms with Crippen LogP contribution in [-0.4, -0.2) is 48.9 Å². The van der Waals surface area contributed by atoms with E-state index in [0.717, 1.165) is 27.1 Å². The Labute approximate surface area is 196 Å². The molecular weight excluding hydrogens is 495 g/mol. The standard InChI is InChI=1S/C23H24BrFN4O2S/c1-16-22(15-18-4-3-5-20(25)14-18)23(27-17(2)26-16)28-10-12-29(13-11-28)32(30,31)21-8-6-19(24)7-9-21/h3-9,14H,10-13,15H2,1-2H3. The van der Waals surface area contributed by atoms with Crippen molar-refractivity contribution in [3.8, 4) is 0 Å². The van der Waals surface area contributed by atoms with Crippen LogP contribution < -0.4 is 4.90 Å². The van der Waals surface area contributed by atoms with Gasteiger partial charge in [-0.2, -0.15) is 4.31 Å². The number of aryl methyl sites for hydroxylation is 2. The molecule has 0 spiro atoms. The summed E-state index contributed by atoms with van der Waals surface area (Å²) < 4.78 is 42.1. The van der Waals surface area contributed by atoms with Crippen molar-refractivity contribution >= 4 is 31.8 Å². The summed E-state index contributed by atoms with van der Waals surface area (Å²) in [5.41, 5.74) is 2.63. The van der Waals surface area contributed by atoms with E-state index in [0.29, 0.717) is 38.4 Å². The molecule has 0 N–H and O–H groups in total. The quantitative estimate of drug-likeness (QED) is 0.508. The van der Waals surface area contributed by atoms with Gasteiger partial charge in [0, 0.05) is 48.3 Å². The number of hydrogen-bond acceptors (Lipinski definition) is 5. The minimum absolute atomic E-state index is 0.276. The number of hydrogen-bond donors (Lipinski definition) is 0. The van der Waals surface area contributed by atoms with Crippen LogP contribution in [0.5, 0.6) is 0 Å². The number of nitrogens with zero attached hydrogens (tertiary/aromatic N) is 4. The first-order chi connectivity index (χ1) is 15.2. The molecule has 0 bridgehead atoms. The van der Waals surface area contributed by atoms with Gasteiger partial charge in [-0.25, -0.2) is 22.8 Å². The maximum Gasteiger partial charge on any atom is 0.243 e. The third-order valence-electron chi connectivity index (χ3n) is 5.56. The van der Waals surface area contributed by atoms with Gasteiger partial charge in [0.2, 0.25) is 10.0 Å². The second-order valence-corrected chi connectivity index (χ2v) is 10.7. The van der Waals surface area contributed by atoms with Crippen LogP contribution in [0.4, 0.5) is 10.2 Å². The molecule has 1 aromatic heterocycles. The Morgan fingerprint density at radius 3 is 2.34 bits per heavy atom. The monoisotopic (exact) mass is 518 g/mol. The highest BCUT2D eigenvalue weighted by molar-refractivity contribution is 9.10. The van der Waals surface area contributed by atoms with E-state index in [-0.39, 0.29) is 10.7 Å². The van der Waals surface area contributed by atoms with Crippen molar-refractivity contribution in [2.45, 2.75) is 25.2 Å². The fourth-order valence-corrected chi connectivity index (χ4v) is 5.62. The van der Waals surface area contributed by atoms with Gasteiger partial charge in [-0.1, -0.05) is 28.1 Å². The number of anilines is 1. The van der Waals surface area contributed by atoms with E-state index in [9.17, 15) is 12.8 Å². The Balaban J connectivity index is 1.56. The van der Waals surface area contributed by atoms with Crippen molar-refractivity contribution in [2.75, 3.05) is 31.1 Å². The maximum absolute atomic E-state index is 13.7. The molecule has 32 heavy (non-hydrogen) atoms. The molecule has 168 valence electrons. The Bertz CT molecular complexity index is 1230. The minimum Gasteiger partial charge on any atom is -0.354 e. The first-order valence-electron chi connectivity index (χ1n) is 10.3. The number of halogens is 2. The second kappa shape index (κ2) is 9.25. The number of rotatable bonds is 5. The van der Waals surface area contributed by atoms with Gasteiger partial charge < -0.3 is 4.90 Å². The average molecular weight is 519 g/mol. The molecule has 0 amide bonds. The fourth-order valence-electron chi connectivity index (χ4n) is 3.93. The topological polar surface area (TPSA) is 66.4 Å². The fraction of sp³-hybridized carbons (Fsp3) is 0.304. The zero-order valence-corrected chi connectivity index (χ0v) is 20.3. The smallest absolute Gasteiger partial charge is 0.243 e. The third kappa shape index (κ3) is 4.84. The van der Waals surface area contributed by atoms with E-state index in [1.807, 2.05) is 19.9 Å². The van der Waals surface area contributed by atoms with Crippen molar-refractivity contribution in [1.29, 1.82) is 0 Å². The molecule has 0 unspecified atom stereocenters. The van der Waals surface area contributed by atoms with Crippen molar-refractivity contribution in [1.82, 2.24) is 14.3 Å². The van der Waals surface area contributed by atoms with Gasteiger partial charge in [-0.05, 0) is 55.8 Å². The van der Waals surface area contributed by atoms with Crippen molar-refractivity contribution < 1.29 is 12.8 Å². The van der Waals surface area contributed by atoms with Gasteiger partial charge in [0.05, 0.1) is 4.90 Å². The van der Waals surface area contributed by atoms with Gasteiger partial charge in [0.1, 0.15) is 17.5 Å². The average Bonchev–Trinajstić information content (AvgIpc) is 2.76. The van der Waals surface area contributed by atoms with Gasteiger partial charge >= 0.3 is 0 Å². The third-order valence-corrected chi connectivity index (χ3v) is 8.00. The lowest BCUT2D eigenvalue weighted by atomic mass is 10.0. The molecular formula is C23H24BrFN4O2S. The van der Waals surface area contributed by atoms with E-state index in [2.05, 4.69) is 30.8 Å². The second-order valence-electron chi connectivity index (χ2n) is 7.81. The highest BCUT2D eigenvalue weighted by atomic mass is 79.9. The number of sulfonamides is 1. The molecule has 0 aliphatic carbocycles. The summed E-state index contributed by atoms with van der Waals surface area (Å²) in [6.07, 6.45) is 0.511. The van der Waals surface area contributed by atoms with Crippen LogP contribution in [0.25, 0.3) is 0 Å². The number of benzene rings is 2. The van der Waals surface area contributed by atoms with Crippen LogP contribution in [0.15, 0.2) is 57.9 Å². The zero-order chi connectivity index (χ0) is 22.9. The molecule has 0 saturated carbocycles. The Morgan fingerprint density at radius 2 is 1.69 bits per heavy atom. The number of piperazine rings is 1. The Hall–Kier alpha value is -2.36. The van der Waals surface area contributed by atoms with Crippen LogP contribution in [0.2, 0.25) is 0 Å². The predicted octanol–water partition coefficient (Wildman–Crippen LogP) is 4.10. The van der Waals surface area contributed by atoms with Crippen LogP contribution in [0.3, 0.4) is 0 Å². The molecule has 1 aliphatic rings. The summed E-state index contributed by atoms with van der Waals surface area (Å²) >= 11 is 3.34. The van der Waals surface area contributed by atoms with E-state index in [1.165, 1.54) is 16.4 Å². The SMILES string of the molecule is Cc1nc(C)c(Cc2cccc(F)c2)c(N2CCN(S(=O)(=O)c3ccc(Br)cc3)CC2)n1. The molecule has 2 heterocycles. The van der Waals surface area contributed by atoms with Gasteiger partial charge in [0.25, 0.3) is 0 Å². The van der Waals surface area contributed by atoms with E-state index in [4.69, 9.17) is 0 Å². The molecule has 2 aromatic carbocycles. The summed E-state index contributed by atoms with van der Waals surface area (Å²) in [7, 11) is -3.55. The highest BCUT2D eigenvalue weighted by Gasteiger charge is 2.30. The lowest BCUT2D eigenvalue weighted by molar-refractivity contribution is 0.383. The Kier molecular flexibility index (Phi) is 6.60. The summed E-state index contributed by atoms with van der Waals surface area (Å²) in [4.78, 5) is 11.6. The van der Waals surface area contributed by atoms with Crippen LogP contribution in [-0.2, 0) is 16.4 Å². The van der Waals surface area contributed by atoms with Crippen LogP contribution in [0, 0.1) is 19.7 Å². The van der Waals surface area contributed by atoms with Crippen LogP contribution in [0.1, 0.15) is 22.6 Å². The van der Waals surface area contributed by atoms with Crippen molar-refractivity contribution in [2.24, 2.45) is 0 Å². The molecule has 0 atom stereocenters. The molecule has 1 fully saturated rings. The lowest BCUT2D eigenvalue weighted by Crippen LogP contribution is -2.49. The maximum atomic E-state index is 13.7. The normalized spacial score (nSPS) is 15.2. The van der Waals surface area contributed by atoms with Gasteiger partial charge in [0.15, 0.2) is 0 Å². The summed E-state index contributed by atoms with van der Waals surface area (Å²) in [5, 5.41) is 0. The van der Waals surface area contributed by atoms with E-state index >= 15 is 0 Å². The minimum atomic E-state index is -3.55. The number of aromatic nitrogens is 2. The first-order valence-corrected chi connectivity index (χ1v) is 12.6. The Morgan fingerprint density at radius 1 is 1.00 bits per heavy atom. The molecule has 1 aliphatic heterocycles. The van der Waals surface area contributed by atoms with Crippen molar-refractivity contribution in [3.05, 3.63) is 81.5 Å². The zero-order valence-electron chi connectivity index (χ0n) is 17.9. The molecule has 3 aromatic rings. The molecule has 0 radical (unpaired) electrons. The van der Waals surface area contributed by atoms with E-state index < -0.39 is 10.0 Å². The van der Waals surface area contributed by atoms with E-state index in [1.54, 1.807) is 30.3 Å². The summed E-state index contributed by atoms with van der Waals surface area (Å²) in [6.45, 7) is 5.53. The largest absolute Gasteiger partial charge is 0.354 e.